The van der Waals surface area contributed by atoms with Crippen LogP contribution < -0.4 is 5.32 Å². The van der Waals surface area contributed by atoms with Crippen LogP contribution in [-0.2, 0) is 6.54 Å². The number of aryl methyl sites for hydroxylation is 1. The maximum Gasteiger partial charge on any atom is 0.0969 e. The highest BCUT2D eigenvalue weighted by molar-refractivity contribution is 5.32. The highest BCUT2D eigenvalue weighted by Crippen LogP contribution is 2.07. The molecule has 1 N–H and O–H groups in total. The van der Waals surface area contributed by atoms with E-state index in [1.165, 1.54) is 5.56 Å². The number of hydrogen-bond donors (Lipinski definition) is 1. The molecule has 0 saturated carbocycles. The fraction of sp³-hybridized carbons (Fsp3) is 0.333. The highest BCUT2D eigenvalue weighted by Gasteiger charge is 2.01. The summed E-state index contributed by atoms with van der Waals surface area (Å²) in [5.74, 6) is 0. The Morgan fingerprint density at radius 1 is 1.25 bits per heavy atom. The van der Waals surface area contributed by atoms with Gasteiger partial charge in [-0.1, -0.05) is 24.6 Å². The van der Waals surface area contributed by atoms with Gasteiger partial charge in [0, 0.05) is 6.54 Å². The average Bonchev–Trinajstić information content (AvgIpc) is 2.76. The third-order valence-electron chi connectivity index (χ3n) is 2.36. The summed E-state index contributed by atoms with van der Waals surface area (Å²) < 4.78 is 0. The van der Waals surface area contributed by atoms with Gasteiger partial charge in [-0.05, 0) is 25.6 Å². The summed E-state index contributed by atoms with van der Waals surface area (Å²) in [6, 6.07) is 8.16. The first-order chi connectivity index (χ1) is 7.79. The molecule has 2 aromatic rings. The topological polar surface area (TPSA) is 42.7 Å². The van der Waals surface area contributed by atoms with E-state index < -0.39 is 0 Å². The summed E-state index contributed by atoms with van der Waals surface area (Å²) in [5.41, 5.74) is 3.19. The number of benzene rings is 1. The lowest BCUT2D eigenvalue weighted by Crippen LogP contribution is -2.12. The molecule has 84 valence electrons. The van der Waals surface area contributed by atoms with Crippen molar-refractivity contribution in [3.05, 3.63) is 41.7 Å². The first kappa shape index (κ1) is 10.8. The van der Waals surface area contributed by atoms with E-state index in [1.807, 2.05) is 12.1 Å². The zero-order valence-electron chi connectivity index (χ0n) is 9.64. The fourth-order valence-corrected chi connectivity index (χ4v) is 1.43. The summed E-state index contributed by atoms with van der Waals surface area (Å²) in [6.45, 7) is 5.85. The van der Waals surface area contributed by atoms with Crippen molar-refractivity contribution >= 4 is 0 Å². The Kier molecular flexibility index (Phi) is 3.31. The zero-order valence-corrected chi connectivity index (χ0v) is 9.64. The normalized spacial score (nSPS) is 10.6. The van der Waals surface area contributed by atoms with Gasteiger partial charge in [0.1, 0.15) is 0 Å². The molecule has 0 bridgehead atoms. The number of nitrogens with zero attached hydrogens (tertiary/aromatic N) is 3. The minimum Gasteiger partial charge on any atom is -0.311 e. The van der Waals surface area contributed by atoms with Crippen molar-refractivity contribution in [3.63, 3.8) is 0 Å². The fourth-order valence-electron chi connectivity index (χ4n) is 1.43. The molecule has 4 nitrogen and oxygen atoms in total. The van der Waals surface area contributed by atoms with Crippen LogP contribution in [0.25, 0.3) is 5.69 Å². The predicted molar refractivity (Wildman–Crippen MR) is 63.5 cm³/mol. The Labute approximate surface area is 95.3 Å². The summed E-state index contributed by atoms with van der Waals surface area (Å²) >= 11 is 0. The van der Waals surface area contributed by atoms with Crippen molar-refractivity contribution in [2.45, 2.75) is 20.4 Å². The van der Waals surface area contributed by atoms with E-state index in [-0.39, 0.29) is 0 Å². The van der Waals surface area contributed by atoms with Gasteiger partial charge in [0.2, 0.25) is 0 Å². The Morgan fingerprint density at radius 3 is 2.69 bits per heavy atom. The van der Waals surface area contributed by atoms with E-state index in [0.717, 1.165) is 24.5 Å². The van der Waals surface area contributed by atoms with Gasteiger partial charge in [-0.25, -0.2) is 0 Å². The molecular formula is C12H16N4. The molecule has 16 heavy (non-hydrogen) atoms. The third-order valence-corrected chi connectivity index (χ3v) is 2.36. The zero-order chi connectivity index (χ0) is 11.4. The molecule has 1 aromatic heterocycles. The van der Waals surface area contributed by atoms with Gasteiger partial charge in [0.25, 0.3) is 0 Å². The molecule has 0 aliphatic heterocycles. The summed E-state index contributed by atoms with van der Waals surface area (Å²) in [7, 11) is 0. The van der Waals surface area contributed by atoms with Crippen LogP contribution in [0.5, 0.6) is 0 Å². The van der Waals surface area contributed by atoms with E-state index >= 15 is 0 Å². The Balaban J connectivity index is 2.15. The minimum absolute atomic E-state index is 0.766. The number of nitrogens with one attached hydrogen (secondary N) is 1. The Hall–Kier alpha value is -1.68. The third kappa shape index (κ3) is 2.46. The smallest absolute Gasteiger partial charge is 0.0969 e. The van der Waals surface area contributed by atoms with Crippen molar-refractivity contribution in [1.82, 2.24) is 20.3 Å². The summed E-state index contributed by atoms with van der Waals surface area (Å²) in [4.78, 5) is 1.66. The summed E-state index contributed by atoms with van der Waals surface area (Å²) in [6.07, 6.45) is 1.79. The Morgan fingerprint density at radius 2 is 2.00 bits per heavy atom. The number of aromatic nitrogens is 3. The van der Waals surface area contributed by atoms with Crippen LogP contribution in [-0.4, -0.2) is 21.5 Å². The second kappa shape index (κ2) is 4.90. The Bertz CT molecular complexity index is 444. The monoisotopic (exact) mass is 216 g/mol. The first-order valence-electron chi connectivity index (χ1n) is 5.48. The lowest BCUT2D eigenvalue weighted by molar-refractivity contribution is 0.684. The quantitative estimate of drug-likeness (QED) is 0.845. The largest absolute Gasteiger partial charge is 0.311 e. The van der Waals surface area contributed by atoms with Crippen molar-refractivity contribution in [3.8, 4) is 5.69 Å². The highest BCUT2D eigenvalue weighted by atomic mass is 15.5. The maximum absolute atomic E-state index is 4.39. The molecule has 0 saturated heterocycles. The van der Waals surface area contributed by atoms with E-state index in [9.17, 15) is 0 Å². The van der Waals surface area contributed by atoms with Crippen LogP contribution in [0.15, 0.2) is 30.5 Å². The van der Waals surface area contributed by atoms with Crippen LogP contribution in [0, 0.1) is 6.92 Å². The molecule has 0 radical (unpaired) electrons. The van der Waals surface area contributed by atoms with Crippen LogP contribution in [0.1, 0.15) is 18.2 Å². The van der Waals surface area contributed by atoms with Crippen LogP contribution in [0.4, 0.5) is 0 Å². The van der Waals surface area contributed by atoms with Crippen LogP contribution >= 0.6 is 0 Å². The molecule has 1 heterocycles. The minimum atomic E-state index is 0.766. The second-order valence-corrected chi connectivity index (χ2v) is 3.74. The van der Waals surface area contributed by atoms with Crippen molar-refractivity contribution in [2.24, 2.45) is 0 Å². The second-order valence-electron chi connectivity index (χ2n) is 3.74. The molecule has 0 atom stereocenters. The predicted octanol–water partition coefficient (Wildman–Crippen LogP) is 1.69. The lowest BCUT2D eigenvalue weighted by Gasteiger charge is -1.99. The van der Waals surface area contributed by atoms with Gasteiger partial charge in [-0.3, -0.25) is 0 Å². The van der Waals surface area contributed by atoms with E-state index in [2.05, 4.69) is 41.5 Å². The molecule has 0 aliphatic rings. The van der Waals surface area contributed by atoms with E-state index in [4.69, 9.17) is 0 Å². The molecule has 0 unspecified atom stereocenters. The van der Waals surface area contributed by atoms with E-state index in [1.54, 1.807) is 11.0 Å². The van der Waals surface area contributed by atoms with Crippen molar-refractivity contribution in [1.29, 1.82) is 0 Å². The van der Waals surface area contributed by atoms with Gasteiger partial charge in [-0.15, -0.1) is 0 Å². The van der Waals surface area contributed by atoms with Crippen molar-refractivity contribution < 1.29 is 0 Å². The average molecular weight is 216 g/mol. The molecule has 0 spiro atoms. The molecule has 2 rings (SSSR count). The first-order valence-corrected chi connectivity index (χ1v) is 5.48. The molecule has 0 fully saturated rings. The number of rotatable bonds is 4. The SMILES string of the molecule is CCNCc1cnn(-c2ccc(C)cc2)n1. The van der Waals surface area contributed by atoms with Gasteiger partial charge < -0.3 is 5.32 Å². The summed E-state index contributed by atoms with van der Waals surface area (Å²) in [5, 5.41) is 11.8. The molecule has 1 aromatic carbocycles. The van der Waals surface area contributed by atoms with Crippen LogP contribution in [0.2, 0.25) is 0 Å². The van der Waals surface area contributed by atoms with Gasteiger partial charge in [0.05, 0.1) is 17.6 Å². The maximum atomic E-state index is 4.39. The number of hydrogen-bond acceptors (Lipinski definition) is 3. The lowest BCUT2D eigenvalue weighted by atomic mass is 10.2. The molecule has 0 aliphatic carbocycles. The van der Waals surface area contributed by atoms with Gasteiger partial charge in [-0.2, -0.15) is 15.0 Å². The van der Waals surface area contributed by atoms with Gasteiger partial charge in [0.15, 0.2) is 0 Å². The molecule has 4 heteroatoms. The molecular weight excluding hydrogens is 200 g/mol. The van der Waals surface area contributed by atoms with Gasteiger partial charge >= 0.3 is 0 Å². The van der Waals surface area contributed by atoms with Crippen molar-refractivity contribution in [2.75, 3.05) is 6.54 Å². The van der Waals surface area contributed by atoms with E-state index in [0.29, 0.717) is 0 Å². The molecule has 0 amide bonds. The standard InChI is InChI=1S/C12H16N4/c1-3-13-8-11-9-14-16(15-11)12-6-4-10(2)5-7-12/h4-7,9,13H,3,8H2,1-2H3. The van der Waals surface area contributed by atoms with Crippen LogP contribution in [0.3, 0.4) is 0 Å².